The summed E-state index contributed by atoms with van der Waals surface area (Å²) in [5.74, 6) is 0. The fourth-order valence-corrected chi connectivity index (χ4v) is 1.62. The van der Waals surface area contributed by atoms with Gasteiger partial charge >= 0.3 is 0 Å². The minimum atomic E-state index is -0.414. The molecule has 0 heterocycles. The second-order valence-electron chi connectivity index (χ2n) is 3.35. The van der Waals surface area contributed by atoms with Crippen molar-refractivity contribution in [2.75, 3.05) is 13.1 Å². The van der Waals surface area contributed by atoms with Gasteiger partial charge in [-0.05, 0) is 12.8 Å². The summed E-state index contributed by atoms with van der Waals surface area (Å²) in [5.41, 5.74) is -0.414. The van der Waals surface area contributed by atoms with Crippen molar-refractivity contribution in [1.82, 2.24) is 5.32 Å². The summed E-state index contributed by atoms with van der Waals surface area (Å²) in [4.78, 5) is 0. The molecule has 1 aliphatic rings. The van der Waals surface area contributed by atoms with Crippen LogP contribution in [0.1, 0.15) is 25.7 Å². The van der Waals surface area contributed by atoms with Crippen LogP contribution in [0.3, 0.4) is 0 Å². The Morgan fingerprint density at radius 3 is 2.64 bits per heavy atom. The van der Waals surface area contributed by atoms with Gasteiger partial charge in [-0.2, -0.15) is 0 Å². The van der Waals surface area contributed by atoms with Crippen molar-refractivity contribution >= 4 is 0 Å². The maximum Gasteiger partial charge on any atom is 0.0771 e. The first-order chi connectivity index (χ1) is 5.27. The number of hydrogen-bond donors (Lipinski definition) is 2. The van der Waals surface area contributed by atoms with Gasteiger partial charge < -0.3 is 10.4 Å². The van der Waals surface area contributed by atoms with Crippen LogP contribution in [0.25, 0.3) is 0 Å². The van der Waals surface area contributed by atoms with Gasteiger partial charge in [-0.15, -0.1) is 6.58 Å². The summed E-state index contributed by atoms with van der Waals surface area (Å²) >= 11 is 0. The van der Waals surface area contributed by atoms with Crippen molar-refractivity contribution in [2.45, 2.75) is 31.3 Å². The van der Waals surface area contributed by atoms with E-state index >= 15 is 0 Å². The summed E-state index contributed by atoms with van der Waals surface area (Å²) in [6.45, 7) is 5.12. The molecule has 0 atom stereocenters. The molecule has 0 aromatic carbocycles. The van der Waals surface area contributed by atoms with Crippen molar-refractivity contribution in [1.29, 1.82) is 0 Å². The lowest BCUT2D eigenvalue weighted by molar-refractivity contribution is 0.0488. The van der Waals surface area contributed by atoms with Crippen LogP contribution in [0.4, 0.5) is 0 Å². The first-order valence-corrected chi connectivity index (χ1v) is 4.31. The van der Waals surface area contributed by atoms with E-state index in [9.17, 15) is 5.11 Å². The minimum absolute atomic E-state index is 0.414. The molecule has 1 saturated carbocycles. The lowest BCUT2D eigenvalue weighted by Crippen LogP contribution is -2.37. The summed E-state index contributed by atoms with van der Waals surface area (Å²) in [5, 5.41) is 13.0. The van der Waals surface area contributed by atoms with Crippen molar-refractivity contribution in [3.05, 3.63) is 12.7 Å². The highest BCUT2D eigenvalue weighted by Gasteiger charge is 2.29. The summed E-state index contributed by atoms with van der Waals surface area (Å²) in [7, 11) is 0. The van der Waals surface area contributed by atoms with Crippen LogP contribution < -0.4 is 5.32 Å². The zero-order valence-corrected chi connectivity index (χ0v) is 6.97. The third kappa shape index (κ3) is 2.64. The van der Waals surface area contributed by atoms with Crippen LogP contribution in [-0.2, 0) is 0 Å². The van der Waals surface area contributed by atoms with Gasteiger partial charge in [0.15, 0.2) is 0 Å². The Morgan fingerprint density at radius 2 is 2.09 bits per heavy atom. The smallest absolute Gasteiger partial charge is 0.0771 e. The highest BCUT2D eigenvalue weighted by molar-refractivity contribution is 4.87. The van der Waals surface area contributed by atoms with Crippen molar-refractivity contribution in [3.8, 4) is 0 Å². The van der Waals surface area contributed by atoms with Gasteiger partial charge in [-0.1, -0.05) is 18.9 Å². The molecule has 0 amide bonds. The molecule has 0 spiro atoms. The second-order valence-corrected chi connectivity index (χ2v) is 3.35. The third-order valence-electron chi connectivity index (χ3n) is 2.28. The van der Waals surface area contributed by atoms with Crippen molar-refractivity contribution in [2.24, 2.45) is 0 Å². The third-order valence-corrected chi connectivity index (χ3v) is 2.28. The van der Waals surface area contributed by atoms with Crippen LogP contribution in [0.5, 0.6) is 0 Å². The predicted octanol–water partition coefficient (Wildman–Crippen LogP) is 1.07. The Bertz CT molecular complexity index is 128. The van der Waals surface area contributed by atoms with Gasteiger partial charge in [0.05, 0.1) is 5.60 Å². The highest BCUT2D eigenvalue weighted by atomic mass is 16.3. The average molecular weight is 155 g/mol. The number of rotatable bonds is 4. The molecule has 1 rings (SSSR count). The topological polar surface area (TPSA) is 32.3 Å². The van der Waals surface area contributed by atoms with E-state index in [4.69, 9.17) is 0 Å². The van der Waals surface area contributed by atoms with E-state index in [0.29, 0.717) is 0 Å². The zero-order chi connectivity index (χ0) is 8.16. The number of aliphatic hydroxyl groups is 1. The minimum Gasteiger partial charge on any atom is -0.389 e. The standard InChI is InChI=1S/C9H17NO/c1-2-7-10-8-9(11)5-3-4-6-9/h2,10-11H,1,3-8H2. The average Bonchev–Trinajstić information content (AvgIpc) is 2.38. The van der Waals surface area contributed by atoms with E-state index in [1.165, 1.54) is 12.8 Å². The number of nitrogens with one attached hydrogen (secondary N) is 1. The highest BCUT2D eigenvalue weighted by Crippen LogP contribution is 2.28. The predicted molar refractivity (Wildman–Crippen MR) is 46.5 cm³/mol. The van der Waals surface area contributed by atoms with E-state index in [0.717, 1.165) is 25.9 Å². The Balaban J connectivity index is 2.17. The molecule has 11 heavy (non-hydrogen) atoms. The fourth-order valence-electron chi connectivity index (χ4n) is 1.62. The second kappa shape index (κ2) is 3.88. The molecule has 1 aliphatic carbocycles. The largest absolute Gasteiger partial charge is 0.389 e. The van der Waals surface area contributed by atoms with E-state index in [-0.39, 0.29) is 0 Å². The zero-order valence-electron chi connectivity index (χ0n) is 6.97. The molecule has 2 N–H and O–H groups in total. The maximum absolute atomic E-state index is 9.82. The van der Waals surface area contributed by atoms with Crippen LogP contribution >= 0.6 is 0 Å². The fraction of sp³-hybridized carbons (Fsp3) is 0.778. The molecular formula is C9H17NO. The molecule has 0 radical (unpaired) electrons. The van der Waals surface area contributed by atoms with Gasteiger partial charge in [0.1, 0.15) is 0 Å². The van der Waals surface area contributed by atoms with Gasteiger partial charge in [0, 0.05) is 13.1 Å². The first-order valence-electron chi connectivity index (χ1n) is 4.31. The summed E-state index contributed by atoms with van der Waals surface area (Å²) in [6, 6.07) is 0. The molecular weight excluding hydrogens is 138 g/mol. The monoisotopic (exact) mass is 155 g/mol. The normalized spacial score (nSPS) is 21.9. The summed E-state index contributed by atoms with van der Waals surface area (Å²) in [6.07, 6.45) is 6.07. The quantitative estimate of drug-likeness (QED) is 0.470. The molecule has 0 bridgehead atoms. The lowest BCUT2D eigenvalue weighted by atomic mass is 10.0. The Kier molecular flexibility index (Phi) is 3.09. The van der Waals surface area contributed by atoms with Crippen LogP contribution in [-0.4, -0.2) is 23.8 Å². The molecule has 0 aromatic rings. The van der Waals surface area contributed by atoms with E-state index in [1.807, 2.05) is 6.08 Å². The van der Waals surface area contributed by atoms with Gasteiger partial charge in [-0.3, -0.25) is 0 Å². The number of hydrogen-bond acceptors (Lipinski definition) is 2. The van der Waals surface area contributed by atoms with E-state index in [1.54, 1.807) is 0 Å². The van der Waals surface area contributed by atoms with Crippen LogP contribution in [0, 0.1) is 0 Å². The molecule has 0 aliphatic heterocycles. The first kappa shape index (κ1) is 8.75. The molecule has 1 fully saturated rings. The van der Waals surface area contributed by atoms with Crippen molar-refractivity contribution < 1.29 is 5.11 Å². The molecule has 0 aromatic heterocycles. The summed E-state index contributed by atoms with van der Waals surface area (Å²) < 4.78 is 0. The van der Waals surface area contributed by atoms with E-state index in [2.05, 4.69) is 11.9 Å². The molecule has 2 heteroatoms. The Hall–Kier alpha value is -0.340. The molecule has 0 unspecified atom stereocenters. The molecule has 0 saturated heterocycles. The maximum atomic E-state index is 9.82. The Labute approximate surface area is 68.3 Å². The Morgan fingerprint density at radius 1 is 1.45 bits per heavy atom. The SMILES string of the molecule is C=CCNCC1(O)CCCC1. The molecule has 64 valence electrons. The van der Waals surface area contributed by atoms with Crippen LogP contribution in [0.15, 0.2) is 12.7 Å². The van der Waals surface area contributed by atoms with Gasteiger partial charge in [0.25, 0.3) is 0 Å². The van der Waals surface area contributed by atoms with E-state index < -0.39 is 5.60 Å². The molecule has 2 nitrogen and oxygen atoms in total. The van der Waals surface area contributed by atoms with Gasteiger partial charge in [-0.25, -0.2) is 0 Å². The van der Waals surface area contributed by atoms with Crippen LogP contribution in [0.2, 0.25) is 0 Å². The van der Waals surface area contributed by atoms with Gasteiger partial charge in [0.2, 0.25) is 0 Å². The lowest BCUT2D eigenvalue weighted by Gasteiger charge is -2.21. The van der Waals surface area contributed by atoms with Crippen molar-refractivity contribution in [3.63, 3.8) is 0 Å².